The molecule has 0 aromatic heterocycles. The Morgan fingerprint density at radius 1 is 0.647 bits per heavy atom. The molecule has 2 atom stereocenters. The van der Waals surface area contributed by atoms with Crippen molar-refractivity contribution in [1.82, 2.24) is 0 Å². The Hall–Kier alpha value is -1.56. The number of fused-ring (bicyclic) bond motifs is 6. The molecular weight excluding hydrogens is 204 g/mol. The molecule has 2 unspecified atom stereocenters. The lowest BCUT2D eigenvalue weighted by Gasteiger charge is -2.37. The van der Waals surface area contributed by atoms with Gasteiger partial charge in [0.05, 0.1) is 0 Å². The number of hydrogen-bond donors (Lipinski definition) is 0. The Kier molecular flexibility index (Phi) is 1.93. The molecule has 0 amide bonds. The summed E-state index contributed by atoms with van der Waals surface area (Å²) in [4.78, 5) is 0. The fourth-order valence-corrected chi connectivity index (χ4v) is 3.75. The monoisotopic (exact) mass is 220 g/mol. The summed E-state index contributed by atoms with van der Waals surface area (Å²) in [5, 5.41) is 0. The summed E-state index contributed by atoms with van der Waals surface area (Å²) in [6.07, 6.45) is 3.83. The molecule has 2 aliphatic rings. The summed E-state index contributed by atoms with van der Waals surface area (Å²) in [5.74, 6) is 1.53. The van der Waals surface area contributed by atoms with Gasteiger partial charge in [0.1, 0.15) is 0 Å². The van der Waals surface area contributed by atoms with Gasteiger partial charge in [-0.05, 0) is 53.4 Å². The van der Waals surface area contributed by atoms with Gasteiger partial charge in [-0.25, -0.2) is 0 Å². The third-order valence-corrected chi connectivity index (χ3v) is 4.49. The van der Waals surface area contributed by atoms with Gasteiger partial charge in [0.25, 0.3) is 0 Å². The highest BCUT2D eigenvalue weighted by atomic mass is 14.4. The van der Waals surface area contributed by atoms with Crippen molar-refractivity contribution in [2.45, 2.75) is 31.1 Å². The van der Waals surface area contributed by atoms with Gasteiger partial charge >= 0.3 is 0 Å². The van der Waals surface area contributed by atoms with Gasteiger partial charge < -0.3 is 0 Å². The molecule has 0 aliphatic heterocycles. The fraction of sp³-hybridized carbons (Fsp3) is 0.294. The Morgan fingerprint density at radius 3 is 1.65 bits per heavy atom. The standard InChI is InChI=1S/C17H16/c1-3-7-16-12(5-1)9-14-11-15(16)10-13-6-2-4-8-17(13)14/h1-8,14-15H,9-11H2. The van der Waals surface area contributed by atoms with Crippen molar-refractivity contribution in [2.75, 3.05) is 0 Å². The van der Waals surface area contributed by atoms with Gasteiger partial charge in [-0.1, -0.05) is 48.5 Å². The molecule has 4 rings (SSSR count). The average Bonchev–Trinajstić information content (AvgIpc) is 2.39. The van der Waals surface area contributed by atoms with E-state index in [2.05, 4.69) is 48.5 Å². The van der Waals surface area contributed by atoms with Crippen LogP contribution in [0.15, 0.2) is 48.5 Å². The second-order valence-corrected chi connectivity index (χ2v) is 5.44. The highest BCUT2D eigenvalue weighted by Gasteiger charge is 2.32. The van der Waals surface area contributed by atoms with Crippen LogP contribution >= 0.6 is 0 Å². The quantitative estimate of drug-likeness (QED) is 0.628. The van der Waals surface area contributed by atoms with Crippen LogP contribution in [0.4, 0.5) is 0 Å². The number of benzene rings is 2. The molecule has 0 heterocycles. The van der Waals surface area contributed by atoms with Crippen LogP contribution in [0.1, 0.15) is 40.5 Å². The third-order valence-electron chi connectivity index (χ3n) is 4.49. The molecule has 0 nitrogen and oxygen atoms in total. The second-order valence-electron chi connectivity index (χ2n) is 5.44. The summed E-state index contributed by atoms with van der Waals surface area (Å²) in [6, 6.07) is 18.1. The van der Waals surface area contributed by atoms with Crippen molar-refractivity contribution in [3.8, 4) is 0 Å². The molecule has 0 N–H and O–H groups in total. The first-order chi connectivity index (χ1) is 8.42. The lowest BCUT2D eigenvalue weighted by atomic mass is 9.67. The van der Waals surface area contributed by atoms with Crippen LogP contribution in [0.2, 0.25) is 0 Å². The Balaban J connectivity index is 1.86. The van der Waals surface area contributed by atoms with Crippen molar-refractivity contribution in [1.29, 1.82) is 0 Å². The highest BCUT2D eigenvalue weighted by molar-refractivity contribution is 5.44. The molecule has 0 saturated heterocycles. The fourth-order valence-electron chi connectivity index (χ4n) is 3.75. The van der Waals surface area contributed by atoms with Gasteiger partial charge in [0.15, 0.2) is 0 Å². The maximum Gasteiger partial charge on any atom is -0.0113 e. The first-order valence-corrected chi connectivity index (χ1v) is 6.57. The zero-order chi connectivity index (χ0) is 11.2. The van der Waals surface area contributed by atoms with Crippen molar-refractivity contribution < 1.29 is 0 Å². The molecule has 2 aromatic carbocycles. The third kappa shape index (κ3) is 1.37. The van der Waals surface area contributed by atoms with Crippen LogP contribution in [-0.4, -0.2) is 0 Å². The molecule has 84 valence electrons. The van der Waals surface area contributed by atoms with E-state index in [1.165, 1.54) is 19.3 Å². The molecule has 0 spiro atoms. The van der Waals surface area contributed by atoms with Crippen LogP contribution in [0.25, 0.3) is 0 Å². The molecule has 0 saturated carbocycles. The smallest absolute Gasteiger partial charge is 0.0113 e. The van der Waals surface area contributed by atoms with E-state index in [1.807, 2.05) is 0 Å². The molecule has 2 bridgehead atoms. The van der Waals surface area contributed by atoms with Crippen LogP contribution in [0, 0.1) is 0 Å². The van der Waals surface area contributed by atoms with E-state index in [0.717, 1.165) is 11.8 Å². The topological polar surface area (TPSA) is 0 Å². The lowest BCUT2D eigenvalue weighted by molar-refractivity contribution is 0.458. The van der Waals surface area contributed by atoms with Gasteiger partial charge in [0.2, 0.25) is 0 Å². The number of rotatable bonds is 0. The van der Waals surface area contributed by atoms with Gasteiger partial charge in [0, 0.05) is 0 Å². The van der Waals surface area contributed by atoms with E-state index in [0.29, 0.717) is 0 Å². The van der Waals surface area contributed by atoms with E-state index in [-0.39, 0.29) is 0 Å². The van der Waals surface area contributed by atoms with E-state index >= 15 is 0 Å². The molecule has 0 heteroatoms. The van der Waals surface area contributed by atoms with Gasteiger partial charge in [-0.2, -0.15) is 0 Å². The zero-order valence-electron chi connectivity index (χ0n) is 9.89. The molecule has 0 radical (unpaired) electrons. The van der Waals surface area contributed by atoms with Gasteiger partial charge in [-0.15, -0.1) is 0 Å². The zero-order valence-corrected chi connectivity index (χ0v) is 9.89. The molecule has 2 aromatic rings. The summed E-state index contributed by atoms with van der Waals surface area (Å²) < 4.78 is 0. The Morgan fingerprint density at radius 2 is 1.12 bits per heavy atom. The highest BCUT2D eigenvalue weighted by Crippen LogP contribution is 2.46. The van der Waals surface area contributed by atoms with Crippen LogP contribution < -0.4 is 0 Å². The Bertz CT molecular complexity index is 516. The minimum absolute atomic E-state index is 0.764. The largest absolute Gasteiger partial charge is 0.0620 e. The van der Waals surface area contributed by atoms with E-state index in [9.17, 15) is 0 Å². The second kappa shape index (κ2) is 3.46. The summed E-state index contributed by atoms with van der Waals surface area (Å²) in [5.41, 5.74) is 6.39. The predicted molar refractivity (Wildman–Crippen MR) is 70.4 cm³/mol. The molecule has 2 aliphatic carbocycles. The maximum absolute atomic E-state index is 2.34. The first kappa shape index (κ1) is 9.47. The van der Waals surface area contributed by atoms with E-state index < -0.39 is 0 Å². The molecular formula is C17H16. The SMILES string of the molecule is c1ccc2c(c1)CC1CC2Cc2ccccc21. The van der Waals surface area contributed by atoms with Crippen molar-refractivity contribution in [2.24, 2.45) is 0 Å². The summed E-state index contributed by atoms with van der Waals surface area (Å²) in [7, 11) is 0. The normalized spacial score (nSPS) is 24.9. The van der Waals surface area contributed by atoms with E-state index in [1.54, 1.807) is 22.3 Å². The summed E-state index contributed by atoms with van der Waals surface area (Å²) >= 11 is 0. The van der Waals surface area contributed by atoms with E-state index in [4.69, 9.17) is 0 Å². The minimum Gasteiger partial charge on any atom is -0.0620 e. The van der Waals surface area contributed by atoms with Crippen LogP contribution in [0.3, 0.4) is 0 Å². The van der Waals surface area contributed by atoms with Crippen molar-refractivity contribution >= 4 is 0 Å². The predicted octanol–water partition coefficient (Wildman–Crippen LogP) is 4.06. The average molecular weight is 220 g/mol. The van der Waals surface area contributed by atoms with Crippen LogP contribution in [0.5, 0.6) is 0 Å². The minimum atomic E-state index is 0.764. The lowest BCUT2D eigenvalue weighted by Crippen LogP contribution is -2.24. The summed E-state index contributed by atoms with van der Waals surface area (Å²) in [6.45, 7) is 0. The molecule has 17 heavy (non-hydrogen) atoms. The van der Waals surface area contributed by atoms with Crippen LogP contribution in [-0.2, 0) is 12.8 Å². The maximum atomic E-state index is 2.34. The first-order valence-electron chi connectivity index (χ1n) is 6.57. The van der Waals surface area contributed by atoms with Crippen molar-refractivity contribution in [3.63, 3.8) is 0 Å². The van der Waals surface area contributed by atoms with Crippen molar-refractivity contribution in [3.05, 3.63) is 70.8 Å². The Labute approximate surface area is 102 Å². The number of hydrogen-bond acceptors (Lipinski definition) is 0. The van der Waals surface area contributed by atoms with Gasteiger partial charge in [-0.3, -0.25) is 0 Å². The molecule has 0 fully saturated rings.